The Balaban J connectivity index is 4.22. The first-order valence-corrected chi connectivity index (χ1v) is 3.72. The zero-order valence-corrected chi connectivity index (χ0v) is 7.69. The van der Waals surface area contributed by atoms with Gasteiger partial charge in [-0.2, -0.15) is 0 Å². The lowest BCUT2D eigenvalue weighted by Crippen LogP contribution is -2.46. The molecule has 1 unspecified atom stereocenters. The second-order valence-corrected chi connectivity index (χ2v) is 2.58. The normalized spacial score (nSPS) is 12.6. The van der Waals surface area contributed by atoms with Crippen LogP contribution >= 0.6 is 0 Å². The summed E-state index contributed by atoms with van der Waals surface area (Å²) in [6, 6.07) is -0.693. The van der Waals surface area contributed by atoms with Crippen LogP contribution in [0.25, 0.3) is 0 Å². The average molecular weight is 190 g/mol. The van der Waals surface area contributed by atoms with E-state index in [1.54, 1.807) is 0 Å². The number of hydrogen-bond donors (Lipinski definition) is 2. The molecule has 0 fully saturated rings. The number of likely N-dealkylation sites (N-methyl/N-ethyl adjacent to an activating group) is 1. The first-order valence-electron chi connectivity index (χ1n) is 3.72. The molecule has 0 aliphatic carbocycles. The van der Waals surface area contributed by atoms with Gasteiger partial charge in [0.1, 0.15) is 6.04 Å². The van der Waals surface area contributed by atoms with Gasteiger partial charge in [-0.15, -0.1) is 0 Å². The number of rotatable bonds is 5. The molecule has 0 amide bonds. The molecule has 0 aromatic carbocycles. The number of hydrogen-bond acceptors (Lipinski definition) is 5. The molecule has 0 spiro atoms. The van der Waals surface area contributed by atoms with E-state index in [0.717, 1.165) is 0 Å². The van der Waals surface area contributed by atoms with Crippen molar-refractivity contribution in [1.82, 2.24) is 4.90 Å². The fraction of sp³-hybridized carbons (Fsp3) is 0.714. The summed E-state index contributed by atoms with van der Waals surface area (Å²) in [6.45, 7) is -0.201. The fourth-order valence-electron chi connectivity index (χ4n) is 0.916. The minimum atomic E-state index is -1.01. The molecule has 6 nitrogen and oxygen atoms in total. The highest BCUT2D eigenvalue weighted by molar-refractivity contribution is 5.77. The van der Waals surface area contributed by atoms with E-state index >= 15 is 0 Å². The second kappa shape index (κ2) is 5.50. The summed E-state index contributed by atoms with van der Waals surface area (Å²) in [5.41, 5.74) is 5.29. The van der Waals surface area contributed by atoms with Crippen LogP contribution in [0, 0.1) is 0 Å². The molecule has 0 rings (SSSR count). The Labute approximate surface area is 76.3 Å². The zero-order chi connectivity index (χ0) is 10.4. The Morgan fingerprint density at radius 2 is 2.15 bits per heavy atom. The monoisotopic (exact) mass is 190 g/mol. The minimum absolute atomic E-state index is 0.0381. The molecule has 3 N–H and O–H groups in total. The van der Waals surface area contributed by atoms with Gasteiger partial charge >= 0.3 is 11.9 Å². The van der Waals surface area contributed by atoms with Crippen molar-refractivity contribution in [3.05, 3.63) is 0 Å². The van der Waals surface area contributed by atoms with Crippen LogP contribution in [0.15, 0.2) is 0 Å². The van der Waals surface area contributed by atoms with Gasteiger partial charge in [-0.1, -0.05) is 0 Å². The van der Waals surface area contributed by atoms with Gasteiger partial charge in [0.05, 0.1) is 13.7 Å². The predicted molar refractivity (Wildman–Crippen MR) is 45.1 cm³/mol. The molecule has 0 aromatic rings. The summed E-state index contributed by atoms with van der Waals surface area (Å²) in [4.78, 5) is 22.7. The van der Waals surface area contributed by atoms with Crippen LogP contribution in [0.3, 0.4) is 0 Å². The molecule has 1 atom stereocenters. The lowest BCUT2D eigenvalue weighted by atomic mass is 10.2. The standard InChI is InChI=1S/C7H14N2O4/c1-9(4-6(10)11)5(3-8)7(12)13-2/h5H,3-4,8H2,1-2H3,(H,10,11). The molecular formula is C7H14N2O4. The van der Waals surface area contributed by atoms with E-state index in [9.17, 15) is 9.59 Å². The molecule has 0 aromatic heterocycles. The largest absolute Gasteiger partial charge is 0.480 e. The second-order valence-electron chi connectivity index (χ2n) is 2.58. The van der Waals surface area contributed by atoms with Gasteiger partial charge in [-0.25, -0.2) is 0 Å². The van der Waals surface area contributed by atoms with Crippen molar-refractivity contribution < 1.29 is 19.4 Å². The smallest absolute Gasteiger partial charge is 0.324 e. The Bertz CT molecular complexity index is 195. The Hall–Kier alpha value is -1.14. The van der Waals surface area contributed by atoms with E-state index < -0.39 is 18.0 Å². The Morgan fingerprint density at radius 3 is 2.46 bits per heavy atom. The molecule has 0 radical (unpaired) electrons. The van der Waals surface area contributed by atoms with Crippen LogP contribution in [0.4, 0.5) is 0 Å². The topological polar surface area (TPSA) is 92.9 Å². The fourth-order valence-corrected chi connectivity index (χ4v) is 0.916. The van der Waals surface area contributed by atoms with E-state index in [2.05, 4.69) is 4.74 Å². The number of methoxy groups -OCH3 is 1. The summed E-state index contributed by atoms with van der Waals surface area (Å²) < 4.78 is 4.45. The average Bonchev–Trinajstić information content (AvgIpc) is 2.03. The number of carboxylic acids is 1. The van der Waals surface area contributed by atoms with Gasteiger partial charge in [-0.05, 0) is 7.05 Å². The molecule has 0 saturated carbocycles. The van der Waals surface area contributed by atoms with Crippen LogP contribution in [-0.2, 0) is 14.3 Å². The van der Waals surface area contributed by atoms with Crippen molar-refractivity contribution in [3.63, 3.8) is 0 Å². The molecule has 0 heterocycles. The summed E-state index contributed by atoms with van der Waals surface area (Å²) in [7, 11) is 2.74. The molecular weight excluding hydrogens is 176 g/mol. The quantitative estimate of drug-likeness (QED) is 0.513. The van der Waals surface area contributed by atoms with Crippen LogP contribution in [0.2, 0.25) is 0 Å². The van der Waals surface area contributed by atoms with Crippen molar-refractivity contribution in [2.24, 2.45) is 5.73 Å². The number of ether oxygens (including phenoxy) is 1. The zero-order valence-electron chi connectivity index (χ0n) is 7.69. The molecule has 0 saturated heterocycles. The number of carboxylic acid groups (broad SMARTS) is 1. The lowest BCUT2D eigenvalue weighted by molar-refractivity contribution is -0.147. The highest BCUT2D eigenvalue weighted by atomic mass is 16.5. The Morgan fingerprint density at radius 1 is 1.62 bits per heavy atom. The van der Waals surface area contributed by atoms with Crippen molar-refractivity contribution in [2.75, 3.05) is 27.2 Å². The number of nitrogens with two attached hydrogens (primary N) is 1. The number of esters is 1. The third-order valence-corrected chi connectivity index (χ3v) is 1.61. The van der Waals surface area contributed by atoms with Crippen molar-refractivity contribution in [1.29, 1.82) is 0 Å². The SMILES string of the molecule is COC(=O)C(CN)N(C)CC(=O)O. The highest BCUT2D eigenvalue weighted by Gasteiger charge is 2.23. The van der Waals surface area contributed by atoms with Crippen LogP contribution < -0.4 is 5.73 Å². The first-order chi connectivity index (χ1) is 6.02. The van der Waals surface area contributed by atoms with E-state index in [1.165, 1.54) is 19.1 Å². The van der Waals surface area contributed by atoms with Gasteiger partial charge < -0.3 is 15.6 Å². The van der Waals surface area contributed by atoms with Crippen molar-refractivity contribution in [2.45, 2.75) is 6.04 Å². The maximum absolute atomic E-state index is 11.0. The third kappa shape index (κ3) is 3.86. The molecule has 13 heavy (non-hydrogen) atoms. The minimum Gasteiger partial charge on any atom is -0.480 e. The summed E-state index contributed by atoms with van der Waals surface area (Å²) in [6.07, 6.45) is 0. The van der Waals surface area contributed by atoms with Gasteiger partial charge in [-0.3, -0.25) is 14.5 Å². The van der Waals surface area contributed by atoms with Gasteiger partial charge in [0, 0.05) is 6.54 Å². The first kappa shape index (κ1) is 11.9. The van der Waals surface area contributed by atoms with Gasteiger partial charge in [0.25, 0.3) is 0 Å². The molecule has 0 aliphatic rings. The molecule has 0 bridgehead atoms. The number of carbonyl (C=O) groups is 2. The van der Waals surface area contributed by atoms with Crippen LogP contribution in [0.1, 0.15) is 0 Å². The van der Waals surface area contributed by atoms with Gasteiger partial charge in [0.2, 0.25) is 0 Å². The van der Waals surface area contributed by atoms with E-state index in [0.29, 0.717) is 0 Å². The molecule has 0 aliphatic heterocycles. The number of carbonyl (C=O) groups excluding carboxylic acids is 1. The van der Waals surface area contributed by atoms with E-state index in [4.69, 9.17) is 10.8 Å². The summed E-state index contributed by atoms with van der Waals surface area (Å²) in [5, 5.41) is 8.45. The maximum Gasteiger partial charge on any atom is 0.324 e. The highest BCUT2D eigenvalue weighted by Crippen LogP contribution is 1.96. The van der Waals surface area contributed by atoms with Gasteiger partial charge in [0.15, 0.2) is 0 Å². The summed E-state index contributed by atoms with van der Waals surface area (Å²) in [5.74, 6) is -1.53. The summed E-state index contributed by atoms with van der Waals surface area (Å²) >= 11 is 0. The van der Waals surface area contributed by atoms with E-state index in [-0.39, 0.29) is 13.1 Å². The van der Waals surface area contributed by atoms with Crippen molar-refractivity contribution >= 4 is 11.9 Å². The lowest BCUT2D eigenvalue weighted by Gasteiger charge is -2.22. The van der Waals surface area contributed by atoms with Crippen LogP contribution in [-0.4, -0.2) is 55.2 Å². The maximum atomic E-state index is 11.0. The third-order valence-electron chi connectivity index (χ3n) is 1.61. The molecule has 76 valence electrons. The number of nitrogens with zero attached hydrogens (tertiary/aromatic N) is 1. The predicted octanol–water partition coefficient (Wildman–Crippen LogP) is -1.50. The van der Waals surface area contributed by atoms with Crippen LogP contribution in [0.5, 0.6) is 0 Å². The number of aliphatic carboxylic acids is 1. The Kier molecular flexibility index (Phi) is 5.01. The van der Waals surface area contributed by atoms with E-state index in [1.807, 2.05) is 0 Å². The molecule has 6 heteroatoms. The van der Waals surface area contributed by atoms with Crippen molar-refractivity contribution in [3.8, 4) is 0 Å².